The van der Waals surface area contributed by atoms with Crippen molar-refractivity contribution < 1.29 is 17.4 Å². The van der Waals surface area contributed by atoms with Crippen molar-refractivity contribution in [2.24, 2.45) is 0 Å². The van der Waals surface area contributed by atoms with E-state index < -0.39 is 16.7 Å². The Morgan fingerprint density at radius 3 is 2.33 bits per heavy atom. The van der Waals surface area contributed by atoms with Crippen LogP contribution < -0.4 is 0 Å². The zero-order chi connectivity index (χ0) is 11.5. The van der Waals surface area contributed by atoms with Crippen molar-refractivity contribution in [1.29, 1.82) is 0 Å². The fourth-order valence-corrected chi connectivity index (χ4v) is 1.88. The minimum absolute atomic E-state index is 0.0202. The Bertz CT molecular complexity index is 450. The molecule has 0 unspecified atom stereocenters. The molecule has 1 rings (SSSR count). The van der Waals surface area contributed by atoms with Gasteiger partial charge >= 0.3 is 0 Å². The van der Waals surface area contributed by atoms with Crippen molar-refractivity contribution in [3.8, 4) is 0 Å². The number of halogens is 1. The van der Waals surface area contributed by atoms with Crippen LogP contribution in [0.4, 0.5) is 0 Å². The number of Topliss-reactive ketones (excluding diaryl/α,β-unsaturated/α-hetero) is 1. The molecule has 1 aromatic rings. The Morgan fingerprint density at radius 2 is 1.87 bits per heavy atom. The molecular formula is C9H9ClO4S. The first-order chi connectivity index (χ1) is 6.92. The van der Waals surface area contributed by atoms with Crippen LogP contribution in [0.3, 0.4) is 0 Å². The van der Waals surface area contributed by atoms with Gasteiger partial charge in [-0.05, 0) is 31.2 Å². The van der Waals surface area contributed by atoms with Crippen LogP contribution in [0.25, 0.3) is 0 Å². The number of benzene rings is 1. The summed E-state index contributed by atoms with van der Waals surface area (Å²) in [5, 5.41) is 0.431. The summed E-state index contributed by atoms with van der Waals surface area (Å²) in [7, 11) is -3.85. The number of rotatable bonds is 4. The summed E-state index contributed by atoms with van der Waals surface area (Å²) in [6.07, 6.45) is 0. The molecule has 0 fully saturated rings. The normalized spacial score (nSPS) is 11.3. The average Bonchev–Trinajstić information content (AvgIpc) is 2.16. The lowest BCUT2D eigenvalue weighted by molar-refractivity contribution is -0.118. The predicted octanol–water partition coefficient (Wildman–Crippen LogP) is 1.63. The first-order valence-electron chi connectivity index (χ1n) is 4.06. The molecule has 0 aliphatic carbocycles. The van der Waals surface area contributed by atoms with Crippen molar-refractivity contribution in [3.63, 3.8) is 0 Å². The summed E-state index contributed by atoms with van der Waals surface area (Å²) in [6, 6.07) is 5.51. The lowest BCUT2D eigenvalue weighted by Crippen LogP contribution is -2.12. The summed E-state index contributed by atoms with van der Waals surface area (Å²) in [4.78, 5) is 10.5. The van der Waals surface area contributed by atoms with Crippen LogP contribution in [0.2, 0.25) is 5.02 Å². The summed E-state index contributed by atoms with van der Waals surface area (Å²) in [5.41, 5.74) is 0. The topological polar surface area (TPSA) is 60.4 Å². The van der Waals surface area contributed by atoms with Crippen molar-refractivity contribution in [1.82, 2.24) is 0 Å². The maximum absolute atomic E-state index is 11.4. The Morgan fingerprint density at radius 1 is 1.33 bits per heavy atom. The van der Waals surface area contributed by atoms with Crippen LogP contribution in [-0.4, -0.2) is 20.8 Å². The van der Waals surface area contributed by atoms with Crippen LogP contribution in [-0.2, 0) is 19.1 Å². The molecule has 0 saturated carbocycles. The van der Waals surface area contributed by atoms with Gasteiger partial charge in [0.15, 0.2) is 5.78 Å². The third-order valence-corrected chi connectivity index (χ3v) is 3.05. The van der Waals surface area contributed by atoms with Crippen LogP contribution in [0.1, 0.15) is 6.92 Å². The minimum Gasteiger partial charge on any atom is -0.297 e. The number of carbonyl (C=O) groups excluding carboxylic acids is 1. The van der Waals surface area contributed by atoms with Gasteiger partial charge in [0, 0.05) is 5.02 Å². The van der Waals surface area contributed by atoms with Crippen LogP contribution in [0, 0.1) is 0 Å². The molecule has 0 heterocycles. The SMILES string of the molecule is CC(=O)COS(=O)(=O)c1ccc(Cl)cc1. The third-order valence-electron chi connectivity index (χ3n) is 1.52. The lowest BCUT2D eigenvalue weighted by Gasteiger charge is -2.03. The Hall–Kier alpha value is -0.910. The van der Waals surface area contributed by atoms with Crippen molar-refractivity contribution in [3.05, 3.63) is 29.3 Å². The molecule has 4 nitrogen and oxygen atoms in total. The molecule has 0 aliphatic rings. The molecular weight excluding hydrogens is 240 g/mol. The van der Waals surface area contributed by atoms with Crippen LogP contribution >= 0.6 is 11.6 Å². The second-order valence-electron chi connectivity index (χ2n) is 2.87. The maximum atomic E-state index is 11.4. The van der Waals surface area contributed by atoms with Gasteiger partial charge in [0.1, 0.15) is 6.61 Å². The zero-order valence-corrected chi connectivity index (χ0v) is 9.51. The number of carbonyl (C=O) groups is 1. The molecule has 82 valence electrons. The quantitative estimate of drug-likeness (QED) is 0.760. The van der Waals surface area contributed by atoms with E-state index in [4.69, 9.17) is 11.6 Å². The molecule has 0 aromatic heterocycles. The molecule has 15 heavy (non-hydrogen) atoms. The Kier molecular flexibility index (Phi) is 3.84. The summed E-state index contributed by atoms with van der Waals surface area (Å²) < 4.78 is 27.4. The van der Waals surface area contributed by atoms with Crippen LogP contribution in [0.15, 0.2) is 29.2 Å². The molecule has 0 saturated heterocycles. The molecule has 0 spiro atoms. The summed E-state index contributed by atoms with van der Waals surface area (Å²) >= 11 is 5.60. The van der Waals surface area contributed by atoms with Crippen molar-refractivity contribution in [2.45, 2.75) is 11.8 Å². The van der Waals surface area contributed by atoms with E-state index in [2.05, 4.69) is 4.18 Å². The van der Waals surface area contributed by atoms with Gasteiger partial charge < -0.3 is 0 Å². The highest BCUT2D eigenvalue weighted by Crippen LogP contribution is 2.15. The molecule has 0 bridgehead atoms. The van der Waals surface area contributed by atoms with Gasteiger partial charge in [-0.2, -0.15) is 8.42 Å². The van der Waals surface area contributed by atoms with Gasteiger partial charge in [0.05, 0.1) is 4.90 Å². The number of ketones is 1. The maximum Gasteiger partial charge on any atom is 0.297 e. The first-order valence-corrected chi connectivity index (χ1v) is 5.85. The number of hydrogen-bond acceptors (Lipinski definition) is 4. The largest absolute Gasteiger partial charge is 0.297 e. The second kappa shape index (κ2) is 4.74. The number of hydrogen-bond donors (Lipinski definition) is 0. The third kappa shape index (κ3) is 3.62. The van der Waals surface area contributed by atoms with Crippen LogP contribution in [0.5, 0.6) is 0 Å². The monoisotopic (exact) mass is 248 g/mol. The molecule has 0 atom stereocenters. The zero-order valence-electron chi connectivity index (χ0n) is 7.94. The van der Waals surface area contributed by atoms with E-state index in [1.807, 2.05) is 0 Å². The van der Waals surface area contributed by atoms with Gasteiger partial charge in [0.2, 0.25) is 0 Å². The van der Waals surface area contributed by atoms with Gasteiger partial charge in [-0.25, -0.2) is 0 Å². The highest BCUT2D eigenvalue weighted by Gasteiger charge is 2.15. The van der Waals surface area contributed by atoms with Crippen molar-refractivity contribution in [2.75, 3.05) is 6.61 Å². The summed E-state index contributed by atoms with van der Waals surface area (Å²) in [5.74, 6) is -0.354. The van der Waals surface area contributed by atoms with Gasteiger partial charge in [-0.15, -0.1) is 0 Å². The fourth-order valence-electron chi connectivity index (χ4n) is 0.830. The standard InChI is InChI=1S/C9H9ClO4S/c1-7(11)6-14-15(12,13)9-4-2-8(10)3-5-9/h2-5H,6H2,1H3. The van der Waals surface area contributed by atoms with E-state index in [0.29, 0.717) is 5.02 Å². The predicted molar refractivity (Wildman–Crippen MR) is 55.3 cm³/mol. The summed E-state index contributed by atoms with van der Waals surface area (Å²) in [6.45, 7) is 0.794. The molecule has 0 aliphatic heterocycles. The molecule has 1 aromatic carbocycles. The van der Waals surface area contributed by atoms with E-state index in [1.165, 1.54) is 31.2 Å². The van der Waals surface area contributed by atoms with Gasteiger partial charge in [-0.3, -0.25) is 8.98 Å². The van der Waals surface area contributed by atoms with Gasteiger partial charge in [0.25, 0.3) is 10.1 Å². The van der Waals surface area contributed by atoms with E-state index in [9.17, 15) is 13.2 Å². The highest BCUT2D eigenvalue weighted by atomic mass is 35.5. The fraction of sp³-hybridized carbons (Fsp3) is 0.222. The first kappa shape index (κ1) is 12.2. The van der Waals surface area contributed by atoms with E-state index in [-0.39, 0.29) is 10.7 Å². The van der Waals surface area contributed by atoms with E-state index in [1.54, 1.807) is 0 Å². The molecule has 0 amide bonds. The van der Waals surface area contributed by atoms with Gasteiger partial charge in [-0.1, -0.05) is 11.6 Å². The lowest BCUT2D eigenvalue weighted by atomic mass is 10.4. The van der Waals surface area contributed by atoms with E-state index >= 15 is 0 Å². The van der Waals surface area contributed by atoms with E-state index in [0.717, 1.165) is 0 Å². The smallest absolute Gasteiger partial charge is 0.297 e. The molecule has 0 N–H and O–H groups in total. The second-order valence-corrected chi connectivity index (χ2v) is 4.92. The molecule has 0 radical (unpaired) electrons. The Balaban J connectivity index is 2.87. The van der Waals surface area contributed by atoms with Crippen molar-refractivity contribution >= 4 is 27.5 Å². The average molecular weight is 249 g/mol. The minimum atomic E-state index is -3.85. The Labute approximate surface area is 92.9 Å². The molecule has 6 heteroatoms. The highest BCUT2D eigenvalue weighted by molar-refractivity contribution is 7.86.